The van der Waals surface area contributed by atoms with Gasteiger partial charge in [-0.3, -0.25) is 4.99 Å². The lowest BCUT2D eigenvalue weighted by molar-refractivity contribution is 1.01. The largest absolute Gasteiger partial charge is 0.365 e. The molecule has 0 unspecified atom stereocenters. The Morgan fingerprint density at radius 2 is 1.58 bits per heavy atom. The van der Waals surface area contributed by atoms with Gasteiger partial charge in [0, 0.05) is 47.1 Å². The summed E-state index contributed by atoms with van der Waals surface area (Å²) < 4.78 is 0. The van der Waals surface area contributed by atoms with Crippen molar-refractivity contribution in [2.24, 2.45) is 4.99 Å². The van der Waals surface area contributed by atoms with E-state index in [0.717, 1.165) is 51.6 Å². The summed E-state index contributed by atoms with van der Waals surface area (Å²) in [5.74, 6) is 0. The maximum atomic E-state index is 4.49. The van der Waals surface area contributed by atoms with Gasteiger partial charge in [-0.05, 0) is 68.3 Å². The van der Waals surface area contributed by atoms with Crippen LogP contribution in [0, 0.1) is 0 Å². The van der Waals surface area contributed by atoms with Crippen LogP contribution in [0.25, 0.3) is 11.6 Å². The van der Waals surface area contributed by atoms with Crippen LogP contribution in [0.1, 0.15) is 37.5 Å². The minimum Gasteiger partial charge on any atom is -0.365 e. The first kappa shape index (κ1) is 27.9. The lowest BCUT2D eigenvalue weighted by atomic mass is 10.0. The van der Waals surface area contributed by atoms with Crippen LogP contribution in [0.5, 0.6) is 0 Å². The van der Waals surface area contributed by atoms with E-state index in [9.17, 15) is 0 Å². The molecule has 1 N–H and O–H groups in total. The Bertz CT molecular complexity index is 1370. The highest BCUT2D eigenvalue weighted by molar-refractivity contribution is 6.10. The molecule has 192 valence electrons. The molecule has 38 heavy (non-hydrogen) atoms. The predicted octanol–water partition coefficient (Wildman–Crippen LogP) is 9.09. The molecule has 3 rings (SSSR count). The van der Waals surface area contributed by atoms with Gasteiger partial charge in [-0.2, -0.15) is 0 Å². The maximum Gasteiger partial charge on any atom is 0.0701 e. The monoisotopic (exact) mass is 499 g/mol. The summed E-state index contributed by atoms with van der Waals surface area (Å²) in [5, 5.41) is 3.38. The van der Waals surface area contributed by atoms with Crippen LogP contribution in [0.4, 0.5) is 11.4 Å². The lowest BCUT2D eigenvalue weighted by Crippen LogP contribution is -2.19. The Kier molecular flexibility index (Phi) is 10.9. The second kappa shape index (κ2) is 14.8. The smallest absolute Gasteiger partial charge is 0.0701 e. The standard InChI is InChI=1S/C35H37N3/c1-6-25-37-34(7-2)33-22-12-11-17-30(33)18-15-16-26-36-29(5)24-27-38(31-19-9-8-10-20-31)35-23-14-13-21-32(35)28(3)4/h6-26,36H,2-3,27H2,1,4-5H3/b18-15-,25-6-,26-16+,29-24+,37-34?. The summed E-state index contributed by atoms with van der Waals surface area (Å²) in [6.45, 7) is 14.9. The molecular formula is C35H37N3. The minimum atomic E-state index is 0.722. The Labute approximate surface area is 228 Å². The van der Waals surface area contributed by atoms with Crippen molar-refractivity contribution < 1.29 is 0 Å². The van der Waals surface area contributed by atoms with Gasteiger partial charge in [0.15, 0.2) is 0 Å². The molecule has 0 saturated carbocycles. The van der Waals surface area contributed by atoms with E-state index >= 15 is 0 Å². The van der Waals surface area contributed by atoms with E-state index in [-0.39, 0.29) is 0 Å². The van der Waals surface area contributed by atoms with Gasteiger partial charge in [0.25, 0.3) is 0 Å². The number of nitrogens with one attached hydrogen (secondary N) is 1. The molecule has 0 aromatic heterocycles. The number of para-hydroxylation sites is 2. The number of aliphatic imine (C=N–C) groups is 1. The number of allylic oxidation sites excluding steroid dienone is 6. The fourth-order valence-electron chi connectivity index (χ4n) is 3.96. The first-order valence-electron chi connectivity index (χ1n) is 12.8. The molecular weight excluding hydrogens is 462 g/mol. The summed E-state index contributed by atoms with van der Waals surface area (Å²) in [5.41, 5.74) is 8.52. The molecule has 0 atom stereocenters. The second-order valence-corrected chi connectivity index (χ2v) is 8.78. The lowest BCUT2D eigenvalue weighted by Gasteiger charge is -2.26. The van der Waals surface area contributed by atoms with Gasteiger partial charge in [-0.1, -0.05) is 92.0 Å². The van der Waals surface area contributed by atoms with Gasteiger partial charge < -0.3 is 10.2 Å². The minimum absolute atomic E-state index is 0.722. The van der Waals surface area contributed by atoms with Gasteiger partial charge in [0.1, 0.15) is 0 Å². The van der Waals surface area contributed by atoms with E-state index < -0.39 is 0 Å². The third kappa shape index (κ3) is 7.94. The van der Waals surface area contributed by atoms with Crippen molar-refractivity contribution in [2.75, 3.05) is 11.4 Å². The van der Waals surface area contributed by atoms with Crippen molar-refractivity contribution in [1.82, 2.24) is 5.32 Å². The molecule has 0 heterocycles. The molecule has 0 fully saturated rings. The van der Waals surface area contributed by atoms with Crippen LogP contribution in [0.15, 0.2) is 145 Å². The van der Waals surface area contributed by atoms with Crippen LogP contribution >= 0.6 is 0 Å². The first-order valence-corrected chi connectivity index (χ1v) is 12.8. The first-order chi connectivity index (χ1) is 18.5. The van der Waals surface area contributed by atoms with Gasteiger partial charge >= 0.3 is 0 Å². The average molecular weight is 500 g/mol. The summed E-state index contributed by atoms with van der Waals surface area (Å²) in [6, 6.07) is 27.0. The summed E-state index contributed by atoms with van der Waals surface area (Å²) in [7, 11) is 0. The fraction of sp³-hybridized carbons (Fsp3) is 0.114. The quantitative estimate of drug-likeness (QED) is 0.199. The number of nitrogens with zero attached hydrogens (tertiary/aromatic N) is 2. The molecule has 3 aromatic carbocycles. The number of anilines is 2. The molecule has 3 aromatic rings. The third-order valence-corrected chi connectivity index (χ3v) is 5.89. The zero-order chi connectivity index (χ0) is 27.2. The number of rotatable bonds is 12. The van der Waals surface area contributed by atoms with Gasteiger partial charge in [-0.15, -0.1) is 0 Å². The molecule has 0 amide bonds. The normalized spacial score (nSPS) is 12.4. The SMILES string of the molecule is C=CC(=N/C=C\C)c1ccccc1/C=C\C=C\N/C(C)=C/CN(c1ccccc1)c1ccccc1C(=C)C. The molecule has 3 heteroatoms. The number of hydrogen-bond donors (Lipinski definition) is 1. The predicted molar refractivity (Wildman–Crippen MR) is 168 cm³/mol. The van der Waals surface area contributed by atoms with Crippen molar-refractivity contribution in [1.29, 1.82) is 0 Å². The van der Waals surface area contributed by atoms with Crippen molar-refractivity contribution in [3.8, 4) is 0 Å². The highest BCUT2D eigenvalue weighted by Crippen LogP contribution is 2.31. The van der Waals surface area contributed by atoms with E-state index in [4.69, 9.17) is 0 Å². The Balaban J connectivity index is 1.72. The van der Waals surface area contributed by atoms with E-state index in [1.807, 2.05) is 49.6 Å². The molecule has 0 aliphatic heterocycles. The van der Waals surface area contributed by atoms with E-state index in [1.54, 1.807) is 12.3 Å². The van der Waals surface area contributed by atoms with E-state index in [2.05, 4.69) is 115 Å². The zero-order valence-corrected chi connectivity index (χ0v) is 22.6. The van der Waals surface area contributed by atoms with E-state index in [1.165, 1.54) is 0 Å². The Morgan fingerprint density at radius 1 is 0.895 bits per heavy atom. The summed E-state index contributed by atoms with van der Waals surface area (Å²) >= 11 is 0. The molecule has 3 nitrogen and oxygen atoms in total. The maximum absolute atomic E-state index is 4.49. The number of benzene rings is 3. The van der Waals surface area contributed by atoms with Crippen molar-refractivity contribution in [2.45, 2.75) is 20.8 Å². The third-order valence-electron chi connectivity index (χ3n) is 5.89. The highest BCUT2D eigenvalue weighted by Gasteiger charge is 2.12. The van der Waals surface area contributed by atoms with Crippen molar-refractivity contribution in [3.05, 3.63) is 157 Å². The fourth-order valence-corrected chi connectivity index (χ4v) is 3.96. The molecule has 0 saturated heterocycles. The topological polar surface area (TPSA) is 27.6 Å². The van der Waals surface area contributed by atoms with E-state index in [0.29, 0.717) is 0 Å². The Hall–Kier alpha value is -4.63. The molecule has 0 radical (unpaired) electrons. The van der Waals surface area contributed by atoms with Crippen LogP contribution in [0.2, 0.25) is 0 Å². The second-order valence-electron chi connectivity index (χ2n) is 8.78. The molecule has 0 bridgehead atoms. The van der Waals surface area contributed by atoms with Gasteiger partial charge in [0.05, 0.1) is 5.71 Å². The zero-order valence-electron chi connectivity index (χ0n) is 22.6. The molecule has 0 spiro atoms. The molecule has 0 aliphatic rings. The number of hydrogen-bond acceptors (Lipinski definition) is 3. The van der Waals surface area contributed by atoms with Crippen molar-refractivity contribution >= 4 is 28.7 Å². The highest BCUT2D eigenvalue weighted by atomic mass is 15.1. The summed E-state index contributed by atoms with van der Waals surface area (Å²) in [4.78, 5) is 6.80. The molecule has 0 aliphatic carbocycles. The van der Waals surface area contributed by atoms with Crippen LogP contribution in [-0.2, 0) is 0 Å². The van der Waals surface area contributed by atoms with Gasteiger partial charge in [0.2, 0.25) is 0 Å². The van der Waals surface area contributed by atoms with Crippen LogP contribution < -0.4 is 10.2 Å². The summed E-state index contributed by atoms with van der Waals surface area (Å²) in [6.07, 6.45) is 15.7. The van der Waals surface area contributed by atoms with Crippen LogP contribution in [0.3, 0.4) is 0 Å². The van der Waals surface area contributed by atoms with Gasteiger partial charge in [-0.25, -0.2) is 0 Å². The average Bonchev–Trinajstić information content (AvgIpc) is 2.94. The van der Waals surface area contributed by atoms with Crippen LogP contribution in [-0.4, -0.2) is 12.3 Å². The van der Waals surface area contributed by atoms with Crippen molar-refractivity contribution in [3.63, 3.8) is 0 Å². The Morgan fingerprint density at radius 3 is 2.29 bits per heavy atom.